The van der Waals surface area contributed by atoms with Gasteiger partial charge < -0.3 is 10.4 Å². The fourth-order valence-electron chi connectivity index (χ4n) is 1.73. The van der Waals surface area contributed by atoms with Crippen molar-refractivity contribution in [2.45, 2.75) is 31.5 Å². The first-order valence-corrected chi connectivity index (χ1v) is 4.43. The quantitative estimate of drug-likeness (QED) is 0.741. The fraction of sp³-hybridized carbons (Fsp3) is 0.875. The van der Waals surface area contributed by atoms with Crippen molar-refractivity contribution >= 4 is 5.97 Å². The number of alkyl halides is 3. The Morgan fingerprint density at radius 1 is 1.57 bits per heavy atom. The van der Waals surface area contributed by atoms with Crippen LogP contribution in [0.5, 0.6) is 0 Å². The molecule has 6 heteroatoms. The van der Waals surface area contributed by atoms with Crippen molar-refractivity contribution in [3.05, 3.63) is 0 Å². The van der Waals surface area contributed by atoms with Gasteiger partial charge in [-0.2, -0.15) is 13.2 Å². The average molecular weight is 211 g/mol. The molecule has 0 aromatic heterocycles. The maximum atomic E-state index is 12.4. The normalized spacial score (nSPS) is 24.9. The van der Waals surface area contributed by atoms with E-state index in [1.807, 2.05) is 0 Å². The summed E-state index contributed by atoms with van der Waals surface area (Å²) in [5, 5.41) is 11.1. The third kappa shape index (κ3) is 2.87. The van der Waals surface area contributed by atoms with Crippen LogP contribution in [-0.2, 0) is 4.79 Å². The molecule has 0 aromatic rings. The van der Waals surface area contributed by atoms with Crippen LogP contribution in [0, 0.1) is 5.92 Å². The molecule has 1 heterocycles. The van der Waals surface area contributed by atoms with E-state index >= 15 is 0 Å². The molecule has 1 aliphatic heterocycles. The number of aliphatic carboxylic acids is 1. The van der Waals surface area contributed by atoms with Crippen LogP contribution in [0.4, 0.5) is 13.2 Å². The lowest BCUT2D eigenvalue weighted by molar-refractivity contribution is -0.188. The molecule has 2 N–H and O–H groups in total. The largest absolute Gasteiger partial charge is 0.481 e. The van der Waals surface area contributed by atoms with Crippen molar-refractivity contribution < 1.29 is 23.1 Å². The Labute approximate surface area is 79.3 Å². The molecule has 1 unspecified atom stereocenters. The van der Waals surface area contributed by atoms with Crippen molar-refractivity contribution in [1.29, 1.82) is 0 Å². The Kier molecular flexibility index (Phi) is 3.36. The number of carboxylic acid groups (broad SMARTS) is 1. The number of carboxylic acids is 1. The molecule has 2 atom stereocenters. The number of hydrogen-bond acceptors (Lipinski definition) is 2. The Hall–Kier alpha value is -0.780. The van der Waals surface area contributed by atoms with Crippen LogP contribution in [0.1, 0.15) is 19.3 Å². The predicted molar refractivity (Wildman–Crippen MR) is 42.8 cm³/mol. The maximum absolute atomic E-state index is 12.4. The Morgan fingerprint density at radius 2 is 2.21 bits per heavy atom. The predicted octanol–water partition coefficient (Wildman–Crippen LogP) is 1.39. The Bertz CT molecular complexity index is 211. The second-order valence-corrected chi connectivity index (χ2v) is 3.45. The minimum absolute atomic E-state index is 0.400. The van der Waals surface area contributed by atoms with Gasteiger partial charge in [-0.1, -0.05) is 0 Å². The summed E-state index contributed by atoms with van der Waals surface area (Å²) in [5.41, 5.74) is 0. The van der Waals surface area contributed by atoms with Crippen molar-refractivity contribution in [3.8, 4) is 0 Å². The molecular weight excluding hydrogens is 199 g/mol. The van der Waals surface area contributed by atoms with E-state index in [0.717, 1.165) is 0 Å². The highest BCUT2D eigenvalue weighted by atomic mass is 19.4. The van der Waals surface area contributed by atoms with Crippen LogP contribution in [0.3, 0.4) is 0 Å². The second kappa shape index (κ2) is 4.16. The first kappa shape index (κ1) is 11.3. The van der Waals surface area contributed by atoms with Crippen LogP contribution in [-0.4, -0.2) is 29.8 Å². The molecule has 0 aliphatic carbocycles. The monoisotopic (exact) mass is 211 g/mol. The molecule has 0 saturated carbocycles. The van der Waals surface area contributed by atoms with Gasteiger partial charge in [0.1, 0.15) is 0 Å². The van der Waals surface area contributed by atoms with E-state index in [2.05, 4.69) is 5.32 Å². The molecule has 82 valence electrons. The van der Waals surface area contributed by atoms with Gasteiger partial charge in [0.15, 0.2) is 0 Å². The van der Waals surface area contributed by atoms with Gasteiger partial charge in [-0.15, -0.1) is 0 Å². The van der Waals surface area contributed by atoms with Gasteiger partial charge >= 0.3 is 12.1 Å². The standard InChI is InChI=1S/C8H12F3NO2/c9-8(10,11)5(4-7(13)14)6-2-1-3-12-6/h5-6,12H,1-4H2,(H,13,14)/t5-,6?/m0/s1. The molecule has 0 spiro atoms. The fourth-order valence-corrected chi connectivity index (χ4v) is 1.73. The lowest BCUT2D eigenvalue weighted by Gasteiger charge is -2.24. The number of nitrogens with one attached hydrogen (secondary N) is 1. The third-order valence-electron chi connectivity index (χ3n) is 2.40. The molecule has 0 amide bonds. The zero-order chi connectivity index (χ0) is 10.8. The van der Waals surface area contributed by atoms with Crippen LogP contribution < -0.4 is 5.32 Å². The van der Waals surface area contributed by atoms with Gasteiger partial charge in [-0.05, 0) is 19.4 Å². The summed E-state index contributed by atoms with van der Waals surface area (Å²) in [6.07, 6.45) is -4.20. The molecule has 0 aromatic carbocycles. The zero-order valence-electron chi connectivity index (χ0n) is 7.47. The van der Waals surface area contributed by atoms with E-state index in [4.69, 9.17) is 5.11 Å². The minimum Gasteiger partial charge on any atom is -0.481 e. The number of carbonyl (C=O) groups is 1. The molecule has 0 radical (unpaired) electrons. The first-order chi connectivity index (χ1) is 6.41. The highest BCUT2D eigenvalue weighted by molar-refractivity contribution is 5.67. The highest BCUT2D eigenvalue weighted by Gasteiger charge is 2.46. The second-order valence-electron chi connectivity index (χ2n) is 3.45. The van der Waals surface area contributed by atoms with Gasteiger partial charge in [0.05, 0.1) is 12.3 Å². The van der Waals surface area contributed by atoms with Crippen LogP contribution in [0.2, 0.25) is 0 Å². The van der Waals surface area contributed by atoms with E-state index < -0.39 is 30.5 Å². The van der Waals surface area contributed by atoms with Crippen LogP contribution in [0.15, 0.2) is 0 Å². The van der Waals surface area contributed by atoms with E-state index in [-0.39, 0.29) is 0 Å². The number of rotatable bonds is 3. The van der Waals surface area contributed by atoms with E-state index in [1.165, 1.54) is 0 Å². The van der Waals surface area contributed by atoms with Crippen molar-refractivity contribution in [2.75, 3.05) is 6.54 Å². The minimum atomic E-state index is -4.43. The summed E-state index contributed by atoms with van der Waals surface area (Å²) < 4.78 is 37.3. The van der Waals surface area contributed by atoms with E-state index in [1.54, 1.807) is 0 Å². The molecular formula is C8H12F3NO2. The van der Waals surface area contributed by atoms with Gasteiger partial charge in [-0.25, -0.2) is 0 Å². The number of hydrogen-bond donors (Lipinski definition) is 2. The van der Waals surface area contributed by atoms with E-state index in [9.17, 15) is 18.0 Å². The van der Waals surface area contributed by atoms with Crippen molar-refractivity contribution in [1.82, 2.24) is 5.32 Å². The first-order valence-electron chi connectivity index (χ1n) is 4.43. The molecule has 1 rings (SSSR count). The summed E-state index contributed by atoms with van der Waals surface area (Å²) in [4.78, 5) is 10.3. The summed E-state index contributed by atoms with van der Waals surface area (Å²) in [6, 6.07) is -0.730. The summed E-state index contributed by atoms with van der Waals surface area (Å²) >= 11 is 0. The average Bonchev–Trinajstić information content (AvgIpc) is 2.49. The zero-order valence-corrected chi connectivity index (χ0v) is 7.47. The maximum Gasteiger partial charge on any atom is 0.393 e. The van der Waals surface area contributed by atoms with Gasteiger partial charge in [0.25, 0.3) is 0 Å². The number of halogens is 3. The summed E-state index contributed by atoms with van der Waals surface area (Å²) in [5.74, 6) is -3.16. The van der Waals surface area contributed by atoms with E-state index in [0.29, 0.717) is 19.4 Å². The molecule has 3 nitrogen and oxygen atoms in total. The highest BCUT2D eigenvalue weighted by Crippen LogP contribution is 2.34. The van der Waals surface area contributed by atoms with Gasteiger partial charge in [0, 0.05) is 6.04 Å². The Morgan fingerprint density at radius 3 is 2.57 bits per heavy atom. The lowest BCUT2D eigenvalue weighted by atomic mass is 9.94. The van der Waals surface area contributed by atoms with Crippen LogP contribution in [0.25, 0.3) is 0 Å². The topological polar surface area (TPSA) is 49.3 Å². The molecule has 14 heavy (non-hydrogen) atoms. The molecule has 0 bridgehead atoms. The summed E-state index contributed by atoms with van der Waals surface area (Å²) in [6.45, 7) is 0.539. The van der Waals surface area contributed by atoms with Crippen molar-refractivity contribution in [3.63, 3.8) is 0 Å². The van der Waals surface area contributed by atoms with Crippen LogP contribution >= 0.6 is 0 Å². The van der Waals surface area contributed by atoms with Crippen molar-refractivity contribution in [2.24, 2.45) is 5.92 Å². The van der Waals surface area contributed by atoms with Gasteiger partial charge in [0.2, 0.25) is 0 Å². The summed E-state index contributed by atoms with van der Waals surface area (Å²) in [7, 11) is 0. The molecule has 1 fully saturated rings. The Balaban J connectivity index is 2.65. The SMILES string of the molecule is O=C(O)C[C@@H](C1CCCN1)C(F)(F)F. The smallest absolute Gasteiger partial charge is 0.393 e. The third-order valence-corrected chi connectivity index (χ3v) is 2.40. The molecule has 1 aliphatic rings. The lowest BCUT2D eigenvalue weighted by Crippen LogP contribution is -2.41. The molecule has 1 saturated heterocycles. The van der Waals surface area contributed by atoms with Gasteiger partial charge in [-0.3, -0.25) is 4.79 Å².